The third kappa shape index (κ3) is 1.85. The lowest BCUT2D eigenvalue weighted by atomic mass is 9.95. The first-order valence-corrected chi connectivity index (χ1v) is 7.09. The van der Waals surface area contributed by atoms with Gasteiger partial charge in [-0.05, 0) is 24.8 Å². The van der Waals surface area contributed by atoms with Gasteiger partial charge in [0.15, 0.2) is 5.82 Å². The fraction of sp³-hybridized carbons (Fsp3) is 0.467. The SMILES string of the molecule is O[C@@H]1CN[C@@H](c2nc(C3(c4ccccc4)CC3)no2)C1. The van der Waals surface area contributed by atoms with E-state index in [4.69, 9.17) is 4.52 Å². The maximum Gasteiger partial charge on any atom is 0.243 e. The van der Waals surface area contributed by atoms with E-state index in [0.29, 0.717) is 18.9 Å². The van der Waals surface area contributed by atoms with Crippen molar-refractivity contribution in [2.45, 2.75) is 36.8 Å². The molecule has 0 bridgehead atoms. The number of rotatable bonds is 3. The minimum absolute atomic E-state index is 0.0159. The molecule has 1 saturated heterocycles. The molecule has 2 fully saturated rings. The highest BCUT2D eigenvalue weighted by atomic mass is 16.5. The summed E-state index contributed by atoms with van der Waals surface area (Å²) in [5.74, 6) is 1.38. The van der Waals surface area contributed by atoms with E-state index in [1.165, 1.54) is 5.56 Å². The van der Waals surface area contributed by atoms with Crippen LogP contribution in [0, 0.1) is 0 Å². The molecule has 2 atom stereocenters. The average Bonchev–Trinajstić information content (AvgIpc) is 2.93. The Labute approximate surface area is 117 Å². The van der Waals surface area contributed by atoms with Gasteiger partial charge in [-0.1, -0.05) is 35.5 Å². The van der Waals surface area contributed by atoms with Crippen LogP contribution in [0.25, 0.3) is 0 Å². The standard InChI is InChI=1S/C15H17N3O2/c19-11-8-12(16-9-11)13-17-14(18-20-13)15(6-7-15)10-4-2-1-3-5-10/h1-5,11-12,16,19H,6-9H2/t11-,12+/m0/s1. The Morgan fingerprint density at radius 2 is 2.05 bits per heavy atom. The van der Waals surface area contributed by atoms with Crippen molar-refractivity contribution in [3.05, 3.63) is 47.6 Å². The molecule has 2 aliphatic rings. The first kappa shape index (κ1) is 12.1. The summed E-state index contributed by atoms with van der Waals surface area (Å²) in [5, 5.41) is 17.0. The lowest BCUT2D eigenvalue weighted by Gasteiger charge is -2.10. The normalized spacial score (nSPS) is 27.6. The van der Waals surface area contributed by atoms with Gasteiger partial charge in [-0.25, -0.2) is 0 Å². The molecular weight excluding hydrogens is 254 g/mol. The molecule has 0 amide bonds. The molecule has 1 aliphatic carbocycles. The van der Waals surface area contributed by atoms with E-state index in [1.807, 2.05) is 18.2 Å². The Bertz CT molecular complexity index is 607. The van der Waals surface area contributed by atoms with Crippen LogP contribution >= 0.6 is 0 Å². The summed E-state index contributed by atoms with van der Waals surface area (Å²) < 4.78 is 5.41. The van der Waals surface area contributed by atoms with Gasteiger partial charge in [-0.3, -0.25) is 0 Å². The Balaban J connectivity index is 1.62. The summed E-state index contributed by atoms with van der Waals surface area (Å²) in [6.45, 7) is 0.589. The Morgan fingerprint density at radius 3 is 2.70 bits per heavy atom. The van der Waals surface area contributed by atoms with Crippen LogP contribution in [0.15, 0.2) is 34.9 Å². The van der Waals surface area contributed by atoms with Crippen molar-refractivity contribution in [3.8, 4) is 0 Å². The molecule has 2 aromatic rings. The van der Waals surface area contributed by atoms with Crippen LogP contribution in [-0.2, 0) is 5.41 Å². The number of hydrogen-bond acceptors (Lipinski definition) is 5. The molecule has 2 heterocycles. The van der Waals surface area contributed by atoms with E-state index < -0.39 is 0 Å². The van der Waals surface area contributed by atoms with Gasteiger partial charge in [0, 0.05) is 6.54 Å². The summed E-state index contributed by atoms with van der Waals surface area (Å²) in [6, 6.07) is 10.3. The molecule has 1 aromatic carbocycles. The number of hydrogen-bond donors (Lipinski definition) is 2. The monoisotopic (exact) mass is 271 g/mol. The largest absolute Gasteiger partial charge is 0.392 e. The molecule has 20 heavy (non-hydrogen) atoms. The third-order valence-electron chi connectivity index (χ3n) is 4.35. The summed E-state index contributed by atoms with van der Waals surface area (Å²) in [4.78, 5) is 4.59. The van der Waals surface area contributed by atoms with E-state index in [2.05, 4.69) is 27.6 Å². The number of aliphatic hydroxyl groups excluding tert-OH is 1. The second-order valence-corrected chi connectivity index (χ2v) is 5.75. The first-order valence-electron chi connectivity index (χ1n) is 7.09. The average molecular weight is 271 g/mol. The van der Waals surface area contributed by atoms with E-state index >= 15 is 0 Å². The van der Waals surface area contributed by atoms with E-state index in [-0.39, 0.29) is 17.6 Å². The van der Waals surface area contributed by atoms with Crippen molar-refractivity contribution in [3.63, 3.8) is 0 Å². The minimum atomic E-state index is -0.320. The number of aromatic nitrogens is 2. The summed E-state index contributed by atoms with van der Waals surface area (Å²) >= 11 is 0. The van der Waals surface area contributed by atoms with Gasteiger partial charge in [-0.15, -0.1) is 0 Å². The molecule has 5 heteroatoms. The zero-order valence-electron chi connectivity index (χ0n) is 11.1. The van der Waals surface area contributed by atoms with Gasteiger partial charge in [0.2, 0.25) is 5.89 Å². The number of nitrogens with one attached hydrogen (secondary N) is 1. The second kappa shape index (κ2) is 4.40. The smallest absolute Gasteiger partial charge is 0.243 e. The molecule has 104 valence electrons. The van der Waals surface area contributed by atoms with Crippen molar-refractivity contribution >= 4 is 0 Å². The van der Waals surface area contributed by atoms with Gasteiger partial charge in [0.1, 0.15) is 0 Å². The van der Waals surface area contributed by atoms with E-state index in [0.717, 1.165) is 18.7 Å². The number of aliphatic hydroxyl groups is 1. The fourth-order valence-electron chi connectivity index (χ4n) is 3.00. The summed E-state index contributed by atoms with van der Waals surface area (Å²) in [5.41, 5.74) is 1.20. The fourth-order valence-corrected chi connectivity index (χ4v) is 3.00. The predicted octanol–water partition coefficient (Wildman–Crippen LogP) is 1.54. The zero-order valence-corrected chi connectivity index (χ0v) is 11.1. The number of nitrogens with zero attached hydrogens (tertiary/aromatic N) is 2. The van der Waals surface area contributed by atoms with Gasteiger partial charge < -0.3 is 14.9 Å². The van der Waals surface area contributed by atoms with Crippen molar-refractivity contribution in [1.29, 1.82) is 0 Å². The Morgan fingerprint density at radius 1 is 1.25 bits per heavy atom. The summed E-state index contributed by atoms with van der Waals surface area (Å²) in [6.07, 6.45) is 2.45. The Kier molecular flexibility index (Phi) is 2.65. The van der Waals surface area contributed by atoms with Crippen molar-refractivity contribution in [2.24, 2.45) is 0 Å². The third-order valence-corrected chi connectivity index (χ3v) is 4.35. The number of benzene rings is 1. The van der Waals surface area contributed by atoms with Gasteiger partial charge in [0.25, 0.3) is 0 Å². The van der Waals surface area contributed by atoms with Crippen LogP contribution in [0.5, 0.6) is 0 Å². The highest BCUT2D eigenvalue weighted by Gasteiger charge is 2.50. The minimum Gasteiger partial charge on any atom is -0.392 e. The highest BCUT2D eigenvalue weighted by Crippen LogP contribution is 2.52. The maximum atomic E-state index is 9.57. The zero-order chi connectivity index (χ0) is 13.6. The van der Waals surface area contributed by atoms with E-state index in [1.54, 1.807) is 0 Å². The molecule has 0 spiro atoms. The maximum absolute atomic E-state index is 9.57. The quantitative estimate of drug-likeness (QED) is 0.886. The van der Waals surface area contributed by atoms with Crippen LogP contribution in [0.4, 0.5) is 0 Å². The van der Waals surface area contributed by atoms with Crippen LogP contribution in [0.1, 0.15) is 42.6 Å². The molecule has 1 aliphatic heterocycles. The topological polar surface area (TPSA) is 71.2 Å². The van der Waals surface area contributed by atoms with Gasteiger partial charge >= 0.3 is 0 Å². The molecule has 1 saturated carbocycles. The van der Waals surface area contributed by atoms with Crippen LogP contribution in [0.2, 0.25) is 0 Å². The predicted molar refractivity (Wildman–Crippen MR) is 72.1 cm³/mol. The van der Waals surface area contributed by atoms with Crippen molar-refractivity contribution in [2.75, 3.05) is 6.54 Å². The van der Waals surface area contributed by atoms with Crippen LogP contribution in [-0.4, -0.2) is 27.9 Å². The highest BCUT2D eigenvalue weighted by molar-refractivity contribution is 5.38. The van der Waals surface area contributed by atoms with Crippen molar-refractivity contribution < 1.29 is 9.63 Å². The second-order valence-electron chi connectivity index (χ2n) is 5.75. The van der Waals surface area contributed by atoms with Gasteiger partial charge in [-0.2, -0.15) is 4.98 Å². The van der Waals surface area contributed by atoms with Gasteiger partial charge in [0.05, 0.1) is 17.6 Å². The molecule has 1 aromatic heterocycles. The molecular formula is C15H17N3O2. The van der Waals surface area contributed by atoms with Crippen molar-refractivity contribution in [1.82, 2.24) is 15.5 Å². The molecule has 4 rings (SSSR count). The Hall–Kier alpha value is -1.72. The van der Waals surface area contributed by atoms with Crippen LogP contribution in [0.3, 0.4) is 0 Å². The molecule has 5 nitrogen and oxygen atoms in total. The lowest BCUT2D eigenvalue weighted by molar-refractivity contribution is 0.191. The lowest BCUT2D eigenvalue weighted by Crippen LogP contribution is -2.15. The first-order chi connectivity index (χ1) is 9.78. The molecule has 0 radical (unpaired) electrons. The molecule has 2 N–H and O–H groups in total. The van der Waals surface area contributed by atoms with Crippen LogP contribution < -0.4 is 5.32 Å². The van der Waals surface area contributed by atoms with E-state index in [9.17, 15) is 5.11 Å². The summed E-state index contributed by atoms with van der Waals surface area (Å²) in [7, 11) is 0. The molecule has 0 unspecified atom stereocenters. The number of β-amino-alcohol motifs (C(OH)–C–C–N with tert-alkyl or cyclic N) is 1.